The highest BCUT2D eigenvalue weighted by Crippen LogP contribution is 2.37. The number of aromatic nitrogens is 2. The second kappa shape index (κ2) is 7.43. The largest absolute Gasteiger partial charge is 0.488 e. The third-order valence-corrected chi connectivity index (χ3v) is 6.23. The molecule has 1 aromatic heterocycles. The number of fused-ring (bicyclic) bond motifs is 3. The lowest BCUT2D eigenvalue weighted by Gasteiger charge is -2.29. The number of aromatic amines is 1. The molecule has 0 spiro atoms. The van der Waals surface area contributed by atoms with E-state index in [1.54, 1.807) is 12.0 Å². The van der Waals surface area contributed by atoms with Gasteiger partial charge in [0.25, 0.3) is 5.91 Å². The van der Waals surface area contributed by atoms with Gasteiger partial charge < -0.3 is 14.4 Å². The topological polar surface area (TPSA) is 114 Å². The second-order valence-electron chi connectivity index (χ2n) is 7.58. The van der Waals surface area contributed by atoms with Crippen molar-refractivity contribution in [1.29, 1.82) is 0 Å². The molecule has 29 heavy (non-hydrogen) atoms. The Kier molecular flexibility index (Phi) is 5.09. The van der Waals surface area contributed by atoms with Crippen LogP contribution in [0, 0.1) is 0 Å². The predicted octanol–water partition coefficient (Wildman–Crippen LogP) is 1.14. The van der Waals surface area contributed by atoms with Gasteiger partial charge in [-0.15, -0.1) is 0 Å². The number of para-hydroxylation sites is 1. The van der Waals surface area contributed by atoms with Gasteiger partial charge in [-0.05, 0) is 25.0 Å². The van der Waals surface area contributed by atoms with Gasteiger partial charge in [-0.2, -0.15) is 5.10 Å². The van der Waals surface area contributed by atoms with E-state index in [1.165, 1.54) is 0 Å². The minimum Gasteiger partial charge on any atom is -0.488 e. The van der Waals surface area contributed by atoms with Crippen molar-refractivity contribution < 1.29 is 22.7 Å². The van der Waals surface area contributed by atoms with E-state index in [4.69, 9.17) is 9.47 Å². The van der Waals surface area contributed by atoms with Crippen molar-refractivity contribution in [2.45, 2.75) is 25.0 Å². The predicted molar refractivity (Wildman–Crippen MR) is 106 cm³/mol. The summed E-state index contributed by atoms with van der Waals surface area (Å²) < 4.78 is 37.4. The van der Waals surface area contributed by atoms with Crippen LogP contribution < -0.4 is 9.46 Å². The molecule has 0 saturated carbocycles. The second-order valence-corrected chi connectivity index (χ2v) is 9.33. The average Bonchev–Trinajstić information content (AvgIpc) is 3.29. The Bertz CT molecular complexity index is 1030. The van der Waals surface area contributed by atoms with E-state index in [2.05, 4.69) is 14.9 Å². The lowest BCUT2D eigenvalue weighted by Crippen LogP contribution is -2.51. The van der Waals surface area contributed by atoms with Crippen LogP contribution in [0.1, 0.15) is 28.9 Å². The summed E-state index contributed by atoms with van der Waals surface area (Å²) in [7, 11) is -1.86. The van der Waals surface area contributed by atoms with Crippen LogP contribution in [0.15, 0.2) is 24.3 Å². The molecule has 2 N–H and O–H groups in total. The number of methoxy groups -OCH3 is 1. The number of nitrogens with one attached hydrogen (secondary N) is 2. The molecule has 1 amide bonds. The van der Waals surface area contributed by atoms with Crippen LogP contribution in [0.5, 0.6) is 5.75 Å². The fourth-order valence-corrected chi connectivity index (χ4v) is 5.13. The minimum atomic E-state index is -3.43. The van der Waals surface area contributed by atoms with Crippen LogP contribution in [0.25, 0.3) is 11.3 Å². The van der Waals surface area contributed by atoms with Gasteiger partial charge in [-0.3, -0.25) is 9.89 Å². The van der Waals surface area contributed by atoms with Gasteiger partial charge in [-0.1, -0.05) is 12.1 Å². The quantitative estimate of drug-likeness (QED) is 0.725. The van der Waals surface area contributed by atoms with Crippen LogP contribution in [-0.4, -0.2) is 68.0 Å². The van der Waals surface area contributed by atoms with Crippen molar-refractivity contribution in [3.63, 3.8) is 0 Å². The third kappa shape index (κ3) is 3.87. The molecule has 4 rings (SSSR count). The molecule has 1 atom stereocenters. The van der Waals surface area contributed by atoms with Gasteiger partial charge in [0, 0.05) is 37.9 Å². The summed E-state index contributed by atoms with van der Waals surface area (Å²) in [6, 6.07) is 7.57. The highest BCUT2D eigenvalue weighted by Gasteiger charge is 2.43. The summed E-state index contributed by atoms with van der Waals surface area (Å²) in [5.41, 5.74) is 1.94. The number of ether oxygens (including phenoxy) is 2. The molecule has 0 aliphatic carbocycles. The number of amides is 1. The molecule has 9 nitrogen and oxygen atoms in total. The molecule has 2 aliphatic heterocycles. The zero-order chi connectivity index (χ0) is 20.6. The molecule has 10 heteroatoms. The number of carbonyl (C=O) groups excluding carboxylic acids is 1. The highest BCUT2D eigenvalue weighted by atomic mass is 32.2. The Morgan fingerprint density at radius 2 is 2.21 bits per heavy atom. The van der Waals surface area contributed by atoms with Gasteiger partial charge in [0.1, 0.15) is 23.7 Å². The maximum Gasteiger partial charge on any atom is 0.272 e. The zero-order valence-corrected chi connectivity index (χ0v) is 17.2. The van der Waals surface area contributed by atoms with Gasteiger partial charge in [0.2, 0.25) is 10.0 Å². The number of H-pyrrole nitrogens is 1. The molecule has 1 unspecified atom stereocenters. The Hall–Kier alpha value is -2.43. The van der Waals surface area contributed by atoms with Gasteiger partial charge in [0.15, 0.2) is 0 Å². The molecule has 0 bridgehead atoms. The number of sulfonamides is 1. The van der Waals surface area contributed by atoms with E-state index in [9.17, 15) is 13.2 Å². The van der Waals surface area contributed by atoms with Gasteiger partial charge >= 0.3 is 0 Å². The lowest BCUT2D eigenvalue weighted by atomic mass is 9.96. The SMILES string of the molecule is COCCC1(NS(C)(=O)=O)CCN(C(=O)c2[nH]nc3c2COc2ccccc2-3)C1. The van der Waals surface area contributed by atoms with Crippen LogP contribution in [0.2, 0.25) is 0 Å². The van der Waals surface area contributed by atoms with Crippen molar-refractivity contribution in [3.8, 4) is 17.0 Å². The van der Waals surface area contributed by atoms with E-state index in [1.807, 2.05) is 24.3 Å². The summed E-state index contributed by atoms with van der Waals surface area (Å²) >= 11 is 0. The monoisotopic (exact) mass is 420 g/mol. The van der Waals surface area contributed by atoms with Crippen molar-refractivity contribution in [1.82, 2.24) is 19.8 Å². The number of hydrogen-bond donors (Lipinski definition) is 2. The summed E-state index contributed by atoms with van der Waals surface area (Å²) in [5.74, 6) is 0.527. The molecule has 156 valence electrons. The van der Waals surface area contributed by atoms with Crippen LogP contribution in [0.4, 0.5) is 0 Å². The first-order valence-corrected chi connectivity index (χ1v) is 11.3. The third-order valence-electron chi connectivity index (χ3n) is 5.42. The maximum absolute atomic E-state index is 13.2. The van der Waals surface area contributed by atoms with E-state index in [0.717, 1.165) is 23.1 Å². The van der Waals surface area contributed by atoms with Crippen LogP contribution >= 0.6 is 0 Å². The summed E-state index contributed by atoms with van der Waals surface area (Å²) in [4.78, 5) is 14.9. The first-order valence-electron chi connectivity index (χ1n) is 9.38. The van der Waals surface area contributed by atoms with E-state index in [-0.39, 0.29) is 19.1 Å². The normalized spacial score (nSPS) is 20.8. The minimum absolute atomic E-state index is 0.212. The number of hydrogen-bond acceptors (Lipinski definition) is 6. The fourth-order valence-electron chi connectivity index (χ4n) is 4.08. The van der Waals surface area contributed by atoms with E-state index in [0.29, 0.717) is 37.4 Å². The molecular weight excluding hydrogens is 396 g/mol. The van der Waals surface area contributed by atoms with Crippen molar-refractivity contribution >= 4 is 15.9 Å². The molecule has 1 fully saturated rings. The van der Waals surface area contributed by atoms with Gasteiger partial charge in [0.05, 0.1) is 11.8 Å². The average molecular weight is 420 g/mol. The summed E-state index contributed by atoms with van der Waals surface area (Å²) in [6.07, 6.45) is 2.13. The van der Waals surface area contributed by atoms with Crippen LogP contribution in [0.3, 0.4) is 0 Å². The number of benzene rings is 1. The summed E-state index contributed by atoms with van der Waals surface area (Å²) in [6.45, 7) is 1.37. The fraction of sp³-hybridized carbons (Fsp3) is 0.474. The van der Waals surface area contributed by atoms with Crippen molar-refractivity contribution in [3.05, 3.63) is 35.5 Å². The lowest BCUT2D eigenvalue weighted by molar-refractivity contribution is 0.0766. The molecule has 1 saturated heterocycles. The van der Waals surface area contributed by atoms with Crippen molar-refractivity contribution in [2.75, 3.05) is 33.1 Å². The van der Waals surface area contributed by atoms with E-state index < -0.39 is 15.6 Å². The first kappa shape index (κ1) is 19.9. The molecule has 1 aromatic carbocycles. The number of rotatable bonds is 6. The summed E-state index contributed by atoms with van der Waals surface area (Å²) in [5, 5.41) is 7.22. The van der Waals surface area contributed by atoms with Gasteiger partial charge in [-0.25, -0.2) is 13.1 Å². The van der Waals surface area contributed by atoms with Crippen LogP contribution in [-0.2, 0) is 21.4 Å². The maximum atomic E-state index is 13.2. The Balaban J connectivity index is 1.58. The molecular formula is C19H24N4O5S. The molecule has 2 aliphatic rings. The van der Waals surface area contributed by atoms with E-state index >= 15 is 0 Å². The molecule has 3 heterocycles. The zero-order valence-electron chi connectivity index (χ0n) is 16.4. The standard InChI is InChI=1S/C19H24N4O5S/c1-27-10-8-19(22-29(2,25)26)7-9-23(12-19)18(24)17-14-11-28-15-6-4-3-5-13(15)16(14)20-21-17/h3-6,22H,7-12H2,1-2H3,(H,20,21). The Labute approximate surface area is 169 Å². The smallest absolute Gasteiger partial charge is 0.272 e. The Morgan fingerprint density at radius 3 is 2.97 bits per heavy atom. The Morgan fingerprint density at radius 1 is 1.41 bits per heavy atom. The molecule has 2 aromatic rings. The van der Waals surface area contributed by atoms with Crippen molar-refractivity contribution in [2.24, 2.45) is 0 Å². The number of carbonyl (C=O) groups is 1. The number of nitrogens with zero attached hydrogens (tertiary/aromatic N) is 2. The highest BCUT2D eigenvalue weighted by molar-refractivity contribution is 7.88. The first-order chi connectivity index (χ1) is 13.8. The number of likely N-dealkylation sites (tertiary alicyclic amines) is 1. The molecule has 0 radical (unpaired) electrons.